The molecule has 3 atom stereocenters. The highest BCUT2D eigenvalue weighted by molar-refractivity contribution is 8.77. The molecule has 13 N–H and O–H groups in total. The van der Waals surface area contributed by atoms with Gasteiger partial charge in [-0.2, -0.15) is 0 Å². The average Bonchev–Trinajstić information content (AvgIpc) is 1.70. The lowest BCUT2D eigenvalue weighted by Crippen LogP contribution is -2.45. The predicted molar refractivity (Wildman–Crippen MR) is 577 cm³/mol. The maximum absolute atomic E-state index is 12.0. The zero-order valence-corrected chi connectivity index (χ0v) is 95.1. The molecule has 0 aliphatic carbocycles. The molecule has 24 nitrogen and oxygen atoms in total. The van der Waals surface area contributed by atoms with Gasteiger partial charge in [-0.3, -0.25) is 58.1 Å². The van der Waals surface area contributed by atoms with Crippen LogP contribution >= 0.6 is 21.6 Å². The number of rotatable bonds is 41. The molecule has 0 radical (unpaired) electrons. The SMILES string of the molecule is CC(=O)CCCOC(C)(C)C.CC(=O)[C@@H](N)CCCN=C(N)NC(C)(C)C.CC(C)(C)C(=O)[C@@H](N)CCCN=C(N)N.CC(C)(C)COC(=O)CCCC[C@]1(C)CCSS1.CC(C)(C)NC(=O)c1cccnc1.CC(C)(C)OC(=O)CCCO.CC/C=C\CC(=O)C(C)(C)C.CC/C=C\CC(=O)CC(C)(C)C.CC/C=C\CC(C)(C)C(=O)C(C)C.CC/C=C\CC(C)(C)C(=O)CC(C)(C)C. The number of aliphatic hydroxyl groups excluding tert-OH is 1. The van der Waals surface area contributed by atoms with E-state index in [1.807, 2.05) is 212 Å². The van der Waals surface area contributed by atoms with Crippen LogP contribution in [0.15, 0.2) is 83.1 Å². The quantitative estimate of drug-likeness (QED) is 0.00754. The Kier molecular flexibility index (Phi) is 80.0. The summed E-state index contributed by atoms with van der Waals surface area (Å²) in [6.07, 6.45) is 38.3. The molecule has 1 fully saturated rings. The summed E-state index contributed by atoms with van der Waals surface area (Å²) in [5.41, 5.74) is 26.5. The third-order valence-corrected chi connectivity index (χ3v) is 21.7. The summed E-state index contributed by atoms with van der Waals surface area (Å²) in [4.78, 5) is 125. The fourth-order valence-corrected chi connectivity index (χ4v) is 14.2. The fourth-order valence-electron chi connectivity index (χ4n) is 10.9. The van der Waals surface area contributed by atoms with Crippen LogP contribution in [0.5, 0.6) is 0 Å². The minimum Gasteiger partial charge on any atom is -0.465 e. The molecular formula is C109H206N10O14S2. The molecular weight excluding hydrogens is 1740 g/mol. The van der Waals surface area contributed by atoms with E-state index in [2.05, 4.69) is 147 Å². The Hall–Kier alpha value is -6.71. The zero-order valence-electron chi connectivity index (χ0n) is 93.5. The topological polar surface area (TPSA) is 410 Å². The number of unbranched alkanes of at least 4 members (excludes halogenated alkanes) is 1. The van der Waals surface area contributed by atoms with Gasteiger partial charge in [0.2, 0.25) is 0 Å². The van der Waals surface area contributed by atoms with Crippen LogP contribution < -0.4 is 39.3 Å². The molecule has 0 bridgehead atoms. The van der Waals surface area contributed by atoms with Crippen LogP contribution in [0.1, 0.15) is 435 Å². The zero-order chi connectivity index (χ0) is 107. The van der Waals surface area contributed by atoms with E-state index >= 15 is 0 Å². The molecule has 26 heteroatoms. The minimum atomic E-state index is -0.417. The van der Waals surface area contributed by atoms with Crippen molar-refractivity contribution in [2.75, 3.05) is 38.7 Å². The van der Waals surface area contributed by atoms with Crippen molar-refractivity contribution in [3.8, 4) is 0 Å². The summed E-state index contributed by atoms with van der Waals surface area (Å²) in [7, 11) is 4.00. The number of ether oxygens (including phenoxy) is 3. The Bertz CT molecular complexity index is 3570. The lowest BCUT2D eigenvalue weighted by Gasteiger charge is -2.26. The maximum Gasteiger partial charge on any atom is 0.306 e. The van der Waals surface area contributed by atoms with E-state index in [1.54, 1.807) is 31.5 Å². The van der Waals surface area contributed by atoms with Crippen LogP contribution in [0.25, 0.3) is 0 Å². The average molecular weight is 1950 g/mol. The van der Waals surface area contributed by atoms with Gasteiger partial charge < -0.3 is 63.4 Å². The standard InChI is InChI=1S/C14H26O2S2.C14H26O.C12H22O.C11H24N4O.C11H20O.C10H22N4O.C10H14N2O.C10H18O.C9H18O2.C8H16O3/c1-13(2,3)11-16-12(15)7-5-6-8-14(4)9-10-17-18-14;1-7-8-9-10-14(5,6)12(15)11-13(2,3)4;1-6-7-8-9-12(4,5)11(13)10(2)3;1-8(16)9(12)6-5-7-14-10(13)15-11(2,3)4;1-5-6-7-8-10(12)9-11(2,3)4;1-10(2,3)8(15)7(11)5-4-6-14-9(12)13;1-10(2,3)12-9(13)8-5-4-6-11-7-8;1-5-6-7-8-9(11)10(2,3)4;1-8(10)6-5-7-11-9(2,3)4;1-8(2,3)11-7(10)5-4-6-9/h5-11H2,1-4H3;8-9H,7,10-11H2,1-6H3;7-8,10H,6,9H2,1-5H3;9H,5-7,12H2,1-4H3,(H3,13,14,15);6-7H,5,8-9H2,1-4H3;7H,4-6,11H2,1-3H3,(H4,12,13,14);4-7H,1-3H3,(H,12,13);6-7H,5,8H2,1-4H3;5-7H2,1-4H3;9H,4-6H2,1-3H3/b;9-8-;8-7-;;7-6-;;;7-6-;;/t14-;;;9-;;7-;;;;/m1..0.0..../s1. The number of amides is 1. The molecule has 1 aromatic rings. The molecule has 1 aliphatic heterocycles. The summed E-state index contributed by atoms with van der Waals surface area (Å²) < 4.78 is 16.1. The highest BCUT2D eigenvalue weighted by Gasteiger charge is 2.33. The number of hydrogen-bond donors (Lipinski definition) is 8. The van der Waals surface area contributed by atoms with Crippen molar-refractivity contribution in [2.45, 2.75) is 464 Å². The minimum absolute atomic E-state index is 0.0183. The van der Waals surface area contributed by atoms with Gasteiger partial charge >= 0.3 is 11.9 Å². The van der Waals surface area contributed by atoms with E-state index in [1.165, 1.54) is 25.5 Å². The Morgan fingerprint density at radius 3 is 1.40 bits per heavy atom. The number of carbonyl (C=O) groups excluding carboxylic acids is 10. The van der Waals surface area contributed by atoms with Gasteiger partial charge in [-0.1, -0.05) is 250 Å². The number of allylic oxidation sites excluding steroid dienone is 8. The van der Waals surface area contributed by atoms with Crippen LogP contribution in [-0.4, -0.2) is 158 Å². The van der Waals surface area contributed by atoms with Crippen molar-refractivity contribution in [1.82, 2.24) is 15.6 Å². The van der Waals surface area contributed by atoms with Gasteiger partial charge in [0.15, 0.2) is 17.7 Å². The molecule has 2 heterocycles. The van der Waals surface area contributed by atoms with Gasteiger partial charge in [-0.25, -0.2) is 0 Å². The second kappa shape index (κ2) is 75.2. The second-order valence-electron chi connectivity index (χ2n) is 46.1. The summed E-state index contributed by atoms with van der Waals surface area (Å²) in [5, 5.41) is 14.3. The fraction of sp³-hybridized carbons (Fsp3) is 0.771. The number of aliphatic hydroxyl groups is 1. The Morgan fingerprint density at radius 1 is 0.533 bits per heavy atom. The number of nitrogens with one attached hydrogen (secondary N) is 2. The number of nitrogens with two attached hydrogens (primary N) is 5. The van der Waals surface area contributed by atoms with Crippen LogP contribution in [0.2, 0.25) is 0 Å². The van der Waals surface area contributed by atoms with Gasteiger partial charge in [0.25, 0.3) is 5.91 Å². The maximum atomic E-state index is 12.0. The van der Waals surface area contributed by atoms with Crippen LogP contribution in [0.3, 0.4) is 0 Å². The van der Waals surface area contributed by atoms with E-state index in [-0.39, 0.29) is 114 Å². The predicted octanol–water partition coefficient (Wildman–Crippen LogP) is 24.2. The number of nitrogens with zero attached hydrogens (tertiary/aromatic N) is 3. The molecule has 0 unspecified atom stereocenters. The van der Waals surface area contributed by atoms with Crippen molar-refractivity contribution in [3.05, 3.63) is 78.7 Å². The molecule has 788 valence electrons. The molecule has 1 saturated heterocycles. The lowest BCUT2D eigenvalue weighted by atomic mass is 9.77. The molecule has 0 spiro atoms. The number of Topliss-reactive ketones (excluding diaryl/α,β-unsaturated/α-hetero) is 7. The first-order valence-electron chi connectivity index (χ1n) is 49.2. The van der Waals surface area contributed by atoms with Gasteiger partial charge in [-0.15, -0.1) is 0 Å². The Balaban J connectivity index is -0.000000222. The summed E-state index contributed by atoms with van der Waals surface area (Å²) >= 11 is 0. The number of guanidine groups is 2. The summed E-state index contributed by atoms with van der Waals surface area (Å²) in [5.74, 6) is 3.27. The first kappa shape index (κ1) is 144. The molecule has 1 amide bonds. The third-order valence-electron chi connectivity index (χ3n) is 18.3. The van der Waals surface area contributed by atoms with Gasteiger partial charge in [0.05, 0.1) is 29.9 Å². The van der Waals surface area contributed by atoms with Crippen molar-refractivity contribution < 1.29 is 67.3 Å². The third kappa shape index (κ3) is 106. The smallest absolute Gasteiger partial charge is 0.306 e. The van der Waals surface area contributed by atoms with Crippen molar-refractivity contribution in [2.24, 2.45) is 82.5 Å². The Morgan fingerprint density at radius 2 is 1.01 bits per heavy atom. The van der Waals surface area contributed by atoms with E-state index in [4.69, 9.17) is 48.0 Å². The summed E-state index contributed by atoms with van der Waals surface area (Å²) in [6, 6.07) is 2.71. The van der Waals surface area contributed by atoms with Crippen molar-refractivity contribution in [3.63, 3.8) is 0 Å². The van der Waals surface area contributed by atoms with Crippen LogP contribution in [-0.2, 0) is 57.4 Å². The van der Waals surface area contributed by atoms with E-state index in [0.29, 0.717) is 130 Å². The van der Waals surface area contributed by atoms with E-state index < -0.39 is 11.6 Å². The Labute approximate surface area is 833 Å². The molecule has 0 aromatic carbocycles. The van der Waals surface area contributed by atoms with Crippen molar-refractivity contribution in [1.29, 1.82) is 0 Å². The first-order chi connectivity index (χ1) is 61.2. The number of carbonyl (C=O) groups is 10. The molecule has 0 saturated carbocycles. The molecule has 135 heavy (non-hydrogen) atoms. The molecule has 2 rings (SSSR count). The first-order valence-corrected chi connectivity index (χ1v) is 51.6. The van der Waals surface area contributed by atoms with Crippen molar-refractivity contribution >= 4 is 91.8 Å². The number of pyridine rings is 1. The highest BCUT2D eigenvalue weighted by atomic mass is 33.1. The number of aromatic nitrogens is 1. The highest BCUT2D eigenvalue weighted by Crippen LogP contribution is 2.49. The van der Waals surface area contributed by atoms with E-state index in [0.717, 1.165) is 70.6 Å². The van der Waals surface area contributed by atoms with Gasteiger partial charge in [-0.05, 0) is 229 Å². The normalized spacial score (nSPS) is 14.2. The van der Waals surface area contributed by atoms with Gasteiger partial charge in [0.1, 0.15) is 40.3 Å². The summed E-state index contributed by atoms with van der Waals surface area (Å²) in [6.45, 7) is 81.9. The van der Waals surface area contributed by atoms with E-state index in [9.17, 15) is 47.9 Å². The number of esters is 2. The van der Waals surface area contributed by atoms with Gasteiger partial charge in [0, 0.05) is 133 Å². The van der Waals surface area contributed by atoms with Crippen LogP contribution in [0.4, 0.5) is 0 Å². The molecule has 1 aromatic heterocycles. The van der Waals surface area contributed by atoms with Crippen LogP contribution in [0, 0.1) is 43.8 Å². The monoisotopic (exact) mass is 1940 g/mol. The second-order valence-corrected chi connectivity index (χ2v) is 49.1. The largest absolute Gasteiger partial charge is 0.465 e. The number of ketones is 7. The lowest BCUT2D eigenvalue weighted by molar-refractivity contribution is -0.155. The number of aliphatic imine (C=N–C) groups is 2. The number of hydrogen-bond acceptors (Lipinski definition) is 21. The molecule has 1 aliphatic rings.